The number of carbonyl (C=O) groups is 2. The van der Waals surface area contributed by atoms with Crippen molar-refractivity contribution in [2.75, 3.05) is 38.2 Å². The maximum atomic E-state index is 12.4. The standard InChI is InChI=1S/C19H26N2O5/c1-2-3-12-24-17(22)15-4-6-16(7-5-15)20-18(23)21-10-8-19(9-11-21)25-13-14-26-19/h4-7H,2-3,8-14H2,1H3,(H,20,23). The molecule has 0 atom stereocenters. The third kappa shape index (κ3) is 4.53. The lowest BCUT2D eigenvalue weighted by molar-refractivity contribution is -0.181. The largest absolute Gasteiger partial charge is 0.462 e. The topological polar surface area (TPSA) is 77.1 Å². The number of ether oxygens (including phenoxy) is 3. The van der Waals surface area contributed by atoms with Gasteiger partial charge < -0.3 is 24.4 Å². The number of nitrogens with one attached hydrogen (secondary N) is 1. The number of unbranched alkanes of at least 4 members (excludes halogenated alkanes) is 1. The quantitative estimate of drug-likeness (QED) is 0.644. The maximum absolute atomic E-state index is 12.4. The van der Waals surface area contributed by atoms with Crippen LogP contribution < -0.4 is 5.32 Å². The summed E-state index contributed by atoms with van der Waals surface area (Å²) in [6.45, 7) is 4.90. The number of piperidine rings is 1. The number of likely N-dealkylation sites (tertiary alicyclic amines) is 1. The van der Waals surface area contributed by atoms with Crippen LogP contribution in [0.4, 0.5) is 10.5 Å². The predicted octanol–water partition coefficient (Wildman–Crippen LogP) is 3.01. The van der Waals surface area contributed by atoms with Crippen molar-refractivity contribution in [1.82, 2.24) is 4.90 Å². The van der Waals surface area contributed by atoms with E-state index in [1.54, 1.807) is 29.2 Å². The second-order valence-corrected chi connectivity index (χ2v) is 6.59. The van der Waals surface area contributed by atoms with Gasteiger partial charge in [0.1, 0.15) is 0 Å². The van der Waals surface area contributed by atoms with Gasteiger partial charge in [-0.1, -0.05) is 13.3 Å². The fraction of sp³-hybridized carbons (Fsp3) is 0.579. The summed E-state index contributed by atoms with van der Waals surface area (Å²) in [4.78, 5) is 26.0. The van der Waals surface area contributed by atoms with E-state index in [9.17, 15) is 9.59 Å². The maximum Gasteiger partial charge on any atom is 0.338 e. The monoisotopic (exact) mass is 362 g/mol. The number of esters is 1. The number of benzene rings is 1. The lowest BCUT2D eigenvalue weighted by Gasteiger charge is -2.37. The molecule has 3 rings (SSSR count). The zero-order valence-electron chi connectivity index (χ0n) is 15.2. The van der Waals surface area contributed by atoms with E-state index in [2.05, 4.69) is 5.32 Å². The molecular weight excluding hydrogens is 336 g/mol. The fourth-order valence-corrected chi connectivity index (χ4v) is 3.12. The van der Waals surface area contributed by atoms with E-state index in [1.165, 1.54) is 0 Å². The summed E-state index contributed by atoms with van der Waals surface area (Å²) in [6, 6.07) is 6.59. The molecule has 0 aliphatic carbocycles. The number of hydrogen-bond acceptors (Lipinski definition) is 5. The van der Waals surface area contributed by atoms with Crippen LogP contribution in [0.3, 0.4) is 0 Å². The third-order valence-corrected chi connectivity index (χ3v) is 4.73. The number of anilines is 1. The highest BCUT2D eigenvalue weighted by molar-refractivity contribution is 5.92. The zero-order valence-corrected chi connectivity index (χ0v) is 15.2. The highest BCUT2D eigenvalue weighted by Gasteiger charge is 2.40. The molecular formula is C19H26N2O5. The molecule has 0 saturated carbocycles. The second-order valence-electron chi connectivity index (χ2n) is 6.59. The predicted molar refractivity (Wildman–Crippen MR) is 96.1 cm³/mol. The number of carbonyl (C=O) groups excluding carboxylic acids is 2. The lowest BCUT2D eigenvalue weighted by atomic mass is 10.0. The van der Waals surface area contributed by atoms with E-state index in [0.29, 0.717) is 57.0 Å². The summed E-state index contributed by atoms with van der Waals surface area (Å²) in [5.74, 6) is -0.828. The Morgan fingerprint density at radius 3 is 2.42 bits per heavy atom. The van der Waals surface area contributed by atoms with Crippen molar-refractivity contribution in [1.29, 1.82) is 0 Å². The molecule has 2 aliphatic rings. The first-order valence-corrected chi connectivity index (χ1v) is 9.23. The summed E-state index contributed by atoms with van der Waals surface area (Å²) in [5, 5.41) is 2.86. The molecule has 0 unspecified atom stereocenters. The van der Waals surface area contributed by atoms with Gasteiger partial charge in [0.2, 0.25) is 0 Å². The van der Waals surface area contributed by atoms with Gasteiger partial charge in [0.05, 0.1) is 25.4 Å². The summed E-state index contributed by atoms with van der Waals surface area (Å²) in [7, 11) is 0. The van der Waals surface area contributed by atoms with Gasteiger partial charge in [-0.05, 0) is 30.7 Å². The lowest BCUT2D eigenvalue weighted by Crippen LogP contribution is -2.48. The zero-order chi connectivity index (χ0) is 18.4. The van der Waals surface area contributed by atoms with Crippen LogP contribution in [0.25, 0.3) is 0 Å². The van der Waals surface area contributed by atoms with Crippen LogP contribution in [-0.4, -0.2) is 55.6 Å². The van der Waals surface area contributed by atoms with Crippen LogP contribution in [-0.2, 0) is 14.2 Å². The summed E-state index contributed by atoms with van der Waals surface area (Å²) < 4.78 is 16.5. The molecule has 2 amide bonds. The Labute approximate surface area is 153 Å². The highest BCUT2D eigenvalue weighted by Crippen LogP contribution is 2.31. The van der Waals surface area contributed by atoms with Crippen molar-refractivity contribution in [3.63, 3.8) is 0 Å². The fourth-order valence-electron chi connectivity index (χ4n) is 3.12. The normalized spacial score (nSPS) is 18.7. The minimum absolute atomic E-state index is 0.156. The van der Waals surface area contributed by atoms with Crippen LogP contribution in [0.1, 0.15) is 43.0 Å². The molecule has 7 nitrogen and oxygen atoms in total. The van der Waals surface area contributed by atoms with Crippen LogP contribution in [0.5, 0.6) is 0 Å². The number of urea groups is 1. The summed E-state index contributed by atoms with van der Waals surface area (Å²) in [5.41, 5.74) is 1.13. The van der Waals surface area contributed by atoms with E-state index in [4.69, 9.17) is 14.2 Å². The van der Waals surface area contributed by atoms with E-state index in [-0.39, 0.29) is 12.0 Å². The van der Waals surface area contributed by atoms with Crippen LogP contribution in [0, 0.1) is 0 Å². The molecule has 2 heterocycles. The summed E-state index contributed by atoms with van der Waals surface area (Å²) in [6.07, 6.45) is 3.20. The van der Waals surface area contributed by atoms with Crippen LogP contribution in [0.15, 0.2) is 24.3 Å². The minimum atomic E-state index is -0.490. The Morgan fingerprint density at radius 1 is 1.15 bits per heavy atom. The molecule has 2 fully saturated rings. The molecule has 2 aliphatic heterocycles. The van der Waals surface area contributed by atoms with E-state index >= 15 is 0 Å². The molecule has 142 valence electrons. The minimum Gasteiger partial charge on any atom is -0.462 e. The van der Waals surface area contributed by atoms with Crippen molar-refractivity contribution in [3.05, 3.63) is 29.8 Å². The Hall–Kier alpha value is -2.12. The van der Waals surface area contributed by atoms with Gasteiger partial charge in [-0.2, -0.15) is 0 Å². The van der Waals surface area contributed by atoms with Crippen molar-refractivity contribution >= 4 is 17.7 Å². The van der Waals surface area contributed by atoms with Crippen molar-refractivity contribution in [3.8, 4) is 0 Å². The Balaban J connectivity index is 1.48. The Morgan fingerprint density at radius 2 is 1.81 bits per heavy atom. The van der Waals surface area contributed by atoms with Crippen LogP contribution >= 0.6 is 0 Å². The molecule has 7 heteroatoms. The average molecular weight is 362 g/mol. The Bertz CT molecular complexity index is 615. The number of rotatable bonds is 5. The van der Waals surface area contributed by atoms with Gasteiger partial charge in [-0.3, -0.25) is 0 Å². The molecule has 1 aromatic rings. The van der Waals surface area contributed by atoms with Gasteiger partial charge in [0, 0.05) is 31.6 Å². The smallest absolute Gasteiger partial charge is 0.338 e. The third-order valence-electron chi connectivity index (χ3n) is 4.73. The molecule has 1 aromatic carbocycles. The summed E-state index contributed by atoms with van der Waals surface area (Å²) >= 11 is 0. The molecule has 2 saturated heterocycles. The van der Waals surface area contributed by atoms with Gasteiger partial charge >= 0.3 is 12.0 Å². The first-order valence-electron chi connectivity index (χ1n) is 9.23. The van der Waals surface area contributed by atoms with E-state index in [1.807, 2.05) is 6.92 Å². The van der Waals surface area contributed by atoms with E-state index < -0.39 is 5.79 Å². The first kappa shape index (κ1) is 18.7. The van der Waals surface area contributed by atoms with Gasteiger partial charge in [-0.15, -0.1) is 0 Å². The van der Waals surface area contributed by atoms with Crippen molar-refractivity contribution in [2.45, 2.75) is 38.4 Å². The first-order chi connectivity index (χ1) is 12.6. The molecule has 1 spiro atoms. The number of nitrogens with zero attached hydrogens (tertiary/aromatic N) is 1. The average Bonchev–Trinajstić information content (AvgIpc) is 3.11. The molecule has 26 heavy (non-hydrogen) atoms. The molecule has 0 bridgehead atoms. The number of hydrogen-bond donors (Lipinski definition) is 1. The molecule has 1 N–H and O–H groups in total. The van der Waals surface area contributed by atoms with Gasteiger partial charge in [0.25, 0.3) is 0 Å². The second kappa shape index (κ2) is 8.51. The number of amides is 2. The molecule has 0 aromatic heterocycles. The SMILES string of the molecule is CCCCOC(=O)c1ccc(NC(=O)N2CCC3(CC2)OCCO3)cc1. The molecule has 0 radical (unpaired) electrons. The van der Waals surface area contributed by atoms with Gasteiger partial charge in [-0.25, -0.2) is 9.59 Å². The van der Waals surface area contributed by atoms with Crippen molar-refractivity contribution < 1.29 is 23.8 Å². The Kier molecular flexibility index (Phi) is 6.11. The van der Waals surface area contributed by atoms with Gasteiger partial charge in [0.15, 0.2) is 5.79 Å². The van der Waals surface area contributed by atoms with Crippen molar-refractivity contribution in [2.24, 2.45) is 0 Å². The van der Waals surface area contributed by atoms with Crippen LogP contribution in [0.2, 0.25) is 0 Å². The highest BCUT2D eigenvalue weighted by atomic mass is 16.7. The van der Waals surface area contributed by atoms with E-state index in [0.717, 1.165) is 12.8 Å².